The zero-order chi connectivity index (χ0) is 50.8. The van der Waals surface area contributed by atoms with Gasteiger partial charge >= 0.3 is 103 Å². The molecule has 2 fully saturated rings. The van der Waals surface area contributed by atoms with Crippen LogP contribution in [-0.4, -0.2) is 125 Å². The molecular weight excluding hydrogens is 1100 g/mol. The number of fused-ring (bicyclic) bond motifs is 2. The molecule has 0 saturated carbocycles. The molecule has 2 aromatic carbocycles. The number of thiazole rings is 2. The molecule has 6 aromatic heterocycles. The summed E-state index contributed by atoms with van der Waals surface area (Å²) < 4.78 is 30.2. The van der Waals surface area contributed by atoms with Crippen LogP contribution < -0.4 is 118 Å². The molecular formula is C47H47Cl3F2K2N12O5S2. The van der Waals surface area contributed by atoms with E-state index in [4.69, 9.17) is 44.9 Å². The minimum Gasteiger partial charge on any atom is -1.00 e. The van der Waals surface area contributed by atoms with Crippen molar-refractivity contribution >= 4 is 109 Å². The molecule has 8 heterocycles. The monoisotopic (exact) mass is 1140 g/mol. The van der Waals surface area contributed by atoms with Gasteiger partial charge in [-0.05, 0) is 87.4 Å². The number of rotatable bonds is 8. The van der Waals surface area contributed by atoms with Gasteiger partial charge in [-0.25, -0.2) is 33.4 Å². The molecule has 2 atom stereocenters. The maximum absolute atomic E-state index is 14.5. The van der Waals surface area contributed by atoms with Crippen molar-refractivity contribution in [3.63, 3.8) is 0 Å². The summed E-state index contributed by atoms with van der Waals surface area (Å²) in [7, 11) is 0. The second-order valence-electron chi connectivity index (χ2n) is 16.2. The Kier molecular flexibility index (Phi) is 24.0. The first-order valence-corrected chi connectivity index (χ1v) is 25.0. The van der Waals surface area contributed by atoms with Gasteiger partial charge in [-0.2, -0.15) is 10.2 Å². The van der Waals surface area contributed by atoms with E-state index in [2.05, 4.69) is 40.1 Å². The Morgan fingerprint density at radius 3 is 1.82 bits per heavy atom. The SMILES string of the molecule is Cc1cc(N2CCN(C(=O)CCl)[C@@H](C)C2)c(F)cc1Cl.Cc1cc(N2CCN(C(=O)Cn3nc(-c4nccs4)c4cccnc43)[C@@H](C)C2)c(F)cc1Cl.O=CO[O-].[H-].[K+].[K+].c1cnc2n[nH]c(-c3nccs3)c2c1. The van der Waals surface area contributed by atoms with Crippen LogP contribution in [0.25, 0.3) is 43.5 Å². The number of H-pyrrole nitrogens is 1. The third-order valence-electron chi connectivity index (χ3n) is 11.6. The minimum absolute atomic E-state index is 0. The summed E-state index contributed by atoms with van der Waals surface area (Å²) >= 11 is 20.6. The first-order valence-electron chi connectivity index (χ1n) is 21.9. The van der Waals surface area contributed by atoms with E-state index >= 15 is 0 Å². The van der Waals surface area contributed by atoms with Crippen LogP contribution in [0.3, 0.4) is 0 Å². The van der Waals surface area contributed by atoms with Crippen molar-refractivity contribution in [3.05, 3.63) is 117 Å². The number of piperazine rings is 2. The number of nitrogens with one attached hydrogen (secondary N) is 1. The fourth-order valence-electron chi connectivity index (χ4n) is 8.14. The standard InChI is InChI=1S/C23H22ClFN6OS.C14H17Cl2FN2O.C9H6N4S.CH2O3.2K.H/c1-14-10-19(18(25)11-17(14)24)29-7-8-30(15(2)12-29)20(32)13-31-22-16(4-3-5-26-22)21(28-31)23-27-6-9-33-23;1-9-5-13(12(17)6-11(9)16)18-3-4-19(10(2)8-18)14(20)7-15;1-2-6-7(9-11-4-5-14-9)12-13-8(6)10-3-1;2-1-4-3;;;/h3-6,9-11,15H,7-8,12-13H2,1-2H3;5-6,10H,3-4,7-8H2,1-2H3;1-5H,(H,10,12,13);1,3H;;;/q;;;;2*+1;-1/p-1/t15-;10-;;;;;/m00...../s1. The molecule has 2 aliphatic heterocycles. The van der Waals surface area contributed by atoms with Gasteiger partial charge in [0.1, 0.15) is 45.5 Å². The van der Waals surface area contributed by atoms with Crippen LogP contribution in [0.1, 0.15) is 26.4 Å². The van der Waals surface area contributed by atoms with Gasteiger partial charge in [0.25, 0.3) is 6.47 Å². The third kappa shape index (κ3) is 15.1. The molecule has 0 unspecified atom stereocenters. The van der Waals surface area contributed by atoms with Gasteiger partial charge in [0.05, 0.1) is 11.4 Å². The van der Waals surface area contributed by atoms with Crippen LogP contribution in [0, 0.1) is 25.5 Å². The number of aryl methyl sites for hydroxylation is 2. The van der Waals surface area contributed by atoms with Crippen LogP contribution >= 0.6 is 57.5 Å². The normalized spacial score (nSPS) is 15.2. The van der Waals surface area contributed by atoms with E-state index in [0.29, 0.717) is 66.3 Å². The Hall–Kier alpha value is -3.09. The predicted octanol–water partition coefficient (Wildman–Crippen LogP) is 2.09. The predicted molar refractivity (Wildman–Crippen MR) is 272 cm³/mol. The minimum atomic E-state index is -0.346. The number of carbonyl (C=O) groups is 3. The summed E-state index contributed by atoms with van der Waals surface area (Å²) in [5.41, 5.74) is 5.79. The van der Waals surface area contributed by atoms with E-state index in [1.165, 1.54) is 23.5 Å². The number of hydrogen-bond donors (Lipinski definition) is 1. The summed E-state index contributed by atoms with van der Waals surface area (Å²) in [6.07, 6.45) is 6.94. The number of nitrogens with zero attached hydrogens (tertiary/aromatic N) is 11. The Labute approximate surface area is 528 Å². The molecule has 2 saturated heterocycles. The second-order valence-corrected chi connectivity index (χ2v) is 19.1. The molecule has 8 aromatic rings. The summed E-state index contributed by atoms with van der Waals surface area (Å²) in [5, 5.41) is 28.5. The van der Waals surface area contributed by atoms with E-state index in [9.17, 15) is 18.4 Å². The summed E-state index contributed by atoms with van der Waals surface area (Å²) in [4.78, 5) is 60.8. The number of alkyl halides is 1. The summed E-state index contributed by atoms with van der Waals surface area (Å²) in [6.45, 7) is 10.8. The van der Waals surface area contributed by atoms with E-state index in [-0.39, 0.29) is 159 Å². The molecule has 26 heteroatoms. The maximum atomic E-state index is 14.5. The van der Waals surface area contributed by atoms with Gasteiger partial charge in [0.15, 0.2) is 11.3 Å². The van der Waals surface area contributed by atoms with Gasteiger partial charge in [0.2, 0.25) is 11.8 Å². The Morgan fingerprint density at radius 1 is 0.795 bits per heavy atom. The number of anilines is 2. The average molecular weight is 1150 g/mol. The summed E-state index contributed by atoms with van der Waals surface area (Å²) in [6, 6.07) is 13.8. The number of pyridine rings is 2. The number of carbonyl (C=O) groups excluding carboxylic acids is 3. The maximum Gasteiger partial charge on any atom is 1.00 e. The second kappa shape index (κ2) is 28.9. The zero-order valence-corrected chi connectivity index (χ0v) is 50.8. The van der Waals surface area contributed by atoms with Crippen molar-refractivity contribution in [2.24, 2.45) is 0 Å². The number of halogens is 5. The number of benzene rings is 2. The largest absolute Gasteiger partial charge is 1.00 e. The molecule has 0 bridgehead atoms. The molecule has 0 aliphatic carbocycles. The van der Waals surface area contributed by atoms with Crippen molar-refractivity contribution in [1.82, 2.24) is 49.7 Å². The molecule has 374 valence electrons. The van der Waals surface area contributed by atoms with Gasteiger partial charge in [-0.3, -0.25) is 19.5 Å². The van der Waals surface area contributed by atoms with E-state index < -0.39 is 0 Å². The molecule has 0 radical (unpaired) electrons. The molecule has 73 heavy (non-hydrogen) atoms. The van der Waals surface area contributed by atoms with Crippen molar-refractivity contribution in [2.75, 3.05) is 54.9 Å². The Bertz CT molecular complexity index is 3110. The molecule has 17 nitrogen and oxygen atoms in total. The van der Waals surface area contributed by atoms with Crippen LogP contribution in [0.2, 0.25) is 10.0 Å². The van der Waals surface area contributed by atoms with Crippen molar-refractivity contribution in [1.29, 1.82) is 0 Å². The number of amides is 2. The molecule has 2 aliphatic rings. The number of aromatic nitrogens is 8. The molecule has 1 N–H and O–H groups in total. The Balaban J connectivity index is 0.000000247. The van der Waals surface area contributed by atoms with E-state index in [0.717, 1.165) is 48.9 Å². The van der Waals surface area contributed by atoms with Gasteiger partial charge in [-0.15, -0.1) is 34.3 Å². The Morgan fingerprint density at radius 2 is 1.32 bits per heavy atom. The van der Waals surface area contributed by atoms with Crippen LogP contribution in [-0.2, 0) is 25.8 Å². The van der Waals surface area contributed by atoms with Gasteiger partial charge in [0, 0.05) is 108 Å². The van der Waals surface area contributed by atoms with Crippen molar-refractivity contribution < 1.29 is 138 Å². The smallest absolute Gasteiger partial charge is 1.00 e. The molecule has 0 spiro atoms. The fourth-order valence-corrected chi connectivity index (χ4v) is 9.87. The van der Waals surface area contributed by atoms with Crippen molar-refractivity contribution in [3.8, 4) is 21.4 Å². The molecule has 10 rings (SSSR count). The van der Waals surface area contributed by atoms with Crippen molar-refractivity contribution in [2.45, 2.75) is 46.3 Å². The first kappa shape index (κ1) is 60.8. The van der Waals surface area contributed by atoms with Gasteiger partial charge < -0.3 is 31.2 Å². The van der Waals surface area contributed by atoms with Crippen LogP contribution in [0.5, 0.6) is 0 Å². The number of hydrogen-bond acceptors (Lipinski definition) is 15. The third-order valence-corrected chi connectivity index (χ3v) is 14.2. The van der Waals surface area contributed by atoms with E-state index in [1.807, 2.05) is 77.4 Å². The molecule has 2 amide bonds. The number of aromatic amines is 1. The average Bonchev–Trinajstić information content (AvgIpc) is 4.23. The quantitative estimate of drug-likeness (QED) is 0.0766. The zero-order valence-electron chi connectivity index (χ0n) is 41.6. The van der Waals surface area contributed by atoms with E-state index in [1.54, 1.807) is 57.8 Å². The summed E-state index contributed by atoms with van der Waals surface area (Å²) in [5.74, 6) is -0.813. The first-order chi connectivity index (χ1) is 34.2. The topological polar surface area (TPSA) is 195 Å². The van der Waals surface area contributed by atoms with Gasteiger partial charge in [-0.1, -0.05) is 23.2 Å². The van der Waals surface area contributed by atoms with Crippen LogP contribution in [0.4, 0.5) is 20.2 Å². The fraction of sp³-hybridized carbons (Fsp3) is 0.298. The van der Waals surface area contributed by atoms with Crippen LogP contribution in [0.15, 0.2) is 84.1 Å².